The van der Waals surface area contributed by atoms with Crippen LogP contribution in [0.25, 0.3) is 11.1 Å². The average molecular weight is 289 g/mol. The highest BCUT2D eigenvalue weighted by molar-refractivity contribution is 5.77. The number of non-ortho nitro benzene ring substituents is 1. The highest BCUT2D eigenvalue weighted by Gasteiger charge is 2.21. The normalized spacial score (nSPS) is 22.3. The minimum absolute atomic E-state index is 0.0219. The molecule has 0 aliphatic heterocycles. The van der Waals surface area contributed by atoms with Gasteiger partial charge in [0.1, 0.15) is 5.52 Å². The molecule has 0 bridgehead atoms. The van der Waals surface area contributed by atoms with E-state index in [-0.39, 0.29) is 5.69 Å². The van der Waals surface area contributed by atoms with E-state index in [1.807, 2.05) is 0 Å². The molecular weight excluding hydrogens is 270 g/mol. The number of nitro benzene ring substituents is 1. The Morgan fingerprint density at radius 2 is 2.14 bits per heavy atom. The molecule has 1 N–H and O–H groups in total. The molecule has 3 rings (SSSR count). The number of nitrogens with zero attached hydrogens (tertiary/aromatic N) is 2. The van der Waals surface area contributed by atoms with Crippen molar-refractivity contribution >= 4 is 22.8 Å². The van der Waals surface area contributed by atoms with Crippen LogP contribution in [0.3, 0.4) is 0 Å². The van der Waals surface area contributed by atoms with Gasteiger partial charge in [0.05, 0.1) is 11.0 Å². The third-order valence-corrected chi connectivity index (χ3v) is 4.33. The number of nitro groups is 1. The van der Waals surface area contributed by atoms with E-state index in [1.54, 1.807) is 6.07 Å². The Morgan fingerprint density at radius 3 is 2.81 bits per heavy atom. The first-order valence-electron chi connectivity index (χ1n) is 7.47. The number of benzene rings is 1. The lowest BCUT2D eigenvalue weighted by molar-refractivity contribution is -0.384. The predicted molar refractivity (Wildman–Crippen MR) is 80.3 cm³/mol. The van der Waals surface area contributed by atoms with E-state index in [4.69, 9.17) is 4.42 Å². The van der Waals surface area contributed by atoms with Crippen LogP contribution in [0.2, 0.25) is 0 Å². The third-order valence-electron chi connectivity index (χ3n) is 4.33. The first kappa shape index (κ1) is 13.9. The van der Waals surface area contributed by atoms with E-state index >= 15 is 0 Å². The molecule has 21 heavy (non-hydrogen) atoms. The van der Waals surface area contributed by atoms with Gasteiger partial charge in [-0.1, -0.05) is 13.3 Å². The second-order valence-electron chi connectivity index (χ2n) is 5.70. The summed E-state index contributed by atoms with van der Waals surface area (Å²) in [7, 11) is 0. The summed E-state index contributed by atoms with van der Waals surface area (Å²) in [5.41, 5.74) is 1.12. The number of aromatic nitrogens is 1. The van der Waals surface area contributed by atoms with Crippen molar-refractivity contribution < 1.29 is 9.34 Å². The van der Waals surface area contributed by atoms with Gasteiger partial charge in [0.25, 0.3) is 11.7 Å². The minimum Gasteiger partial charge on any atom is -0.423 e. The van der Waals surface area contributed by atoms with Gasteiger partial charge in [-0.3, -0.25) is 10.1 Å². The maximum absolute atomic E-state index is 10.8. The molecule has 0 amide bonds. The minimum atomic E-state index is -0.429. The fourth-order valence-corrected chi connectivity index (χ4v) is 2.98. The molecule has 0 unspecified atom stereocenters. The van der Waals surface area contributed by atoms with Gasteiger partial charge in [-0.25, -0.2) is 0 Å². The van der Waals surface area contributed by atoms with E-state index in [0.29, 0.717) is 23.2 Å². The summed E-state index contributed by atoms with van der Waals surface area (Å²) >= 11 is 0. The van der Waals surface area contributed by atoms with Gasteiger partial charge in [-0.15, -0.1) is 0 Å². The standard InChI is InChI=1S/C15H19N3O3/c1-2-10-3-5-11(6-4-10)16-15-17-13-8-7-12(18(19)20)9-14(13)21-15/h7-11H,2-6H2,1H3,(H,16,17). The van der Waals surface area contributed by atoms with Crippen molar-refractivity contribution in [2.75, 3.05) is 5.32 Å². The lowest BCUT2D eigenvalue weighted by Crippen LogP contribution is -2.25. The number of hydrogen-bond donors (Lipinski definition) is 1. The van der Waals surface area contributed by atoms with E-state index in [0.717, 1.165) is 18.8 Å². The van der Waals surface area contributed by atoms with Gasteiger partial charge in [0, 0.05) is 12.1 Å². The molecule has 6 heteroatoms. The van der Waals surface area contributed by atoms with Crippen molar-refractivity contribution in [2.24, 2.45) is 5.92 Å². The largest absolute Gasteiger partial charge is 0.423 e. The summed E-state index contributed by atoms with van der Waals surface area (Å²) in [4.78, 5) is 14.7. The molecule has 1 aromatic carbocycles. The maximum Gasteiger partial charge on any atom is 0.295 e. The van der Waals surface area contributed by atoms with Crippen LogP contribution in [0.5, 0.6) is 0 Å². The number of nitrogens with one attached hydrogen (secondary N) is 1. The van der Waals surface area contributed by atoms with Crippen LogP contribution >= 0.6 is 0 Å². The highest BCUT2D eigenvalue weighted by atomic mass is 16.6. The predicted octanol–water partition coefficient (Wildman–Crippen LogP) is 4.12. The first-order chi connectivity index (χ1) is 10.2. The van der Waals surface area contributed by atoms with Crippen molar-refractivity contribution in [3.63, 3.8) is 0 Å². The van der Waals surface area contributed by atoms with Gasteiger partial charge in [0.15, 0.2) is 5.58 Å². The molecule has 1 aliphatic carbocycles. The molecule has 1 aromatic heterocycles. The Balaban J connectivity index is 1.71. The summed E-state index contributed by atoms with van der Waals surface area (Å²) < 4.78 is 5.59. The fraction of sp³-hybridized carbons (Fsp3) is 0.533. The smallest absolute Gasteiger partial charge is 0.295 e. The Kier molecular flexibility index (Phi) is 3.77. The Morgan fingerprint density at radius 1 is 1.38 bits per heavy atom. The van der Waals surface area contributed by atoms with Crippen LogP contribution in [0, 0.1) is 16.0 Å². The third kappa shape index (κ3) is 2.99. The second kappa shape index (κ2) is 5.71. The average Bonchev–Trinajstić information content (AvgIpc) is 2.89. The Hall–Kier alpha value is -2.11. The van der Waals surface area contributed by atoms with Crippen LogP contribution in [-0.4, -0.2) is 15.9 Å². The van der Waals surface area contributed by atoms with E-state index in [2.05, 4.69) is 17.2 Å². The summed E-state index contributed by atoms with van der Waals surface area (Å²) in [5.74, 6) is 0.842. The quantitative estimate of drug-likeness (QED) is 0.676. The molecule has 0 saturated heterocycles. The number of fused-ring (bicyclic) bond motifs is 1. The monoisotopic (exact) mass is 289 g/mol. The van der Waals surface area contributed by atoms with Crippen LogP contribution in [-0.2, 0) is 0 Å². The lowest BCUT2D eigenvalue weighted by Gasteiger charge is -2.27. The molecule has 1 heterocycles. The van der Waals surface area contributed by atoms with Crippen molar-refractivity contribution in [3.05, 3.63) is 28.3 Å². The number of hydrogen-bond acceptors (Lipinski definition) is 5. The zero-order chi connectivity index (χ0) is 14.8. The van der Waals surface area contributed by atoms with E-state index < -0.39 is 4.92 Å². The molecule has 1 aliphatic rings. The van der Waals surface area contributed by atoms with Crippen molar-refractivity contribution in [3.8, 4) is 0 Å². The van der Waals surface area contributed by atoms with Crippen LogP contribution < -0.4 is 5.32 Å². The number of oxazole rings is 1. The maximum atomic E-state index is 10.8. The van der Waals surface area contributed by atoms with Gasteiger partial charge < -0.3 is 9.73 Å². The van der Waals surface area contributed by atoms with Gasteiger partial charge in [-0.2, -0.15) is 4.98 Å². The van der Waals surface area contributed by atoms with Crippen LogP contribution in [0.1, 0.15) is 39.0 Å². The zero-order valence-electron chi connectivity index (χ0n) is 12.0. The molecule has 112 valence electrons. The number of rotatable bonds is 4. The number of anilines is 1. The highest BCUT2D eigenvalue weighted by Crippen LogP contribution is 2.29. The Bertz CT molecular complexity index is 645. The second-order valence-corrected chi connectivity index (χ2v) is 5.70. The van der Waals surface area contributed by atoms with Crippen molar-refractivity contribution in [1.29, 1.82) is 0 Å². The van der Waals surface area contributed by atoms with Crippen molar-refractivity contribution in [1.82, 2.24) is 4.98 Å². The summed E-state index contributed by atoms with van der Waals surface area (Å²) in [6, 6.07) is 5.33. The van der Waals surface area contributed by atoms with Gasteiger partial charge in [0.2, 0.25) is 0 Å². The topological polar surface area (TPSA) is 81.2 Å². The summed E-state index contributed by atoms with van der Waals surface area (Å²) in [6.07, 6.45) is 5.97. The molecule has 6 nitrogen and oxygen atoms in total. The molecule has 0 spiro atoms. The van der Waals surface area contributed by atoms with E-state index in [1.165, 1.54) is 31.4 Å². The fourth-order valence-electron chi connectivity index (χ4n) is 2.98. The molecule has 0 atom stereocenters. The molecular formula is C15H19N3O3. The molecule has 2 aromatic rings. The summed E-state index contributed by atoms with van der Waals surface area (Å²) in [5, 5.41) is 14.1. The van der Waals surface area contributed by atoms with Gasteiger partial charge in [-0.05, 0) is 37.7 Å². The molecule has 1 saturated carbocycles. The van der Waals surface area contributed by atoms with Crippen LogP contribution in [0.15, 0.2) is 22.6 Å². The zero-order valence-corrected chi connectivity index (χ0v) is 12.0. The first-order valence-corrected chi connectivity index (χ1v) is 7.47. The summed E-state index contributed by atoms with van der Waals surface area (Å²) in [6.45, 7) is 2.24. The van der Waals surface area contributed by atoms with Crippen molar-refractivity contribution in [2.45, 2.75) is 45.1 Å². The molecule has 0 radical (unpaired) electrons. The van der Waals surface area contributed by atoms with E-state index in [9.17, 15) is 10.1 Å². The lowest BCUT2D eigenvalue weighted by atomic mass is 9.85. The molecule has 1 fully saturated rings. The SMILES string of the molecule is CCC1CCC(Nc2nc3ccc([N+](=O)[O-])cc3o2)CC1. The Labute approximate surface area is 122 Å². The van der Waals surface area contributed by atoms with Crippen LogP contribution in [0.4, 0.5) is 11.7 Å². The van der Waals surface area contributed by atoms with Gasteiger partial charge >= 0.3 is 0 Å².